The van der Waals surface area contributed by atoms with Crippen LogP contribution in [-0.4, -0.2) is 6.61 Å². The number of halogens is 1. The molecule has 0 saturated heterocycles. The highest BCUT2D eigenvalue weighted by Gasteiger charge is 2.09. The fourth-order valence-electron chi connectivity index (χ4n) is 1.71. The smallest absolute Gasteiger partial charge is 0.131 e. The summed E-state index contributed by atoms with van der Waals surface area (Å²) in [5.41, 5.74) is 6.18. The molecule has 0 aliphatic rings. The van der Waals surface area contributed by atoms with Crippen LogP contribution in [0.2, 0.25) is 0 Å². The maximum Gasteiger partial charge on any atom is 0.131 e. The zero-order valence-electron chi connectivity index (χ0n) is 10.9. The van der Waals surface area contributed by atoms with Crippen LogP contribution in [0.1, 0.15) is 45.2 Å². The van der Waals surface area contributed by atoms with Gasteiger partial charge in [0.25, 0.3) is 0 Å². The Morgan fingerprint density at radius 1 is 1.29 bits per heavy atom. The van der Waals surface area contributed by atoms with Crippen LogP contribution in [0, 0.1) is 11.7 Å². The average molecular weight is 239 g/mol. The first-order valence-electron chi connectivity index (χ1n) is 6.26. The highest BCUT2D eigenvalue weighted by molar-refractivity contribution is 5.30. The molecule has 0 amide bonds. The van der Waals surface area contributed by atoms with Crippen LogP contribution >= 0.6 is 0 Å². The number of ether oxygens (including phenoxy) is 1. The normalized spacial score (nSPS) is 12.8. The number of nitrogens with two attached hydrogens (primary N) is 1. The van der Waals surface area contributed by atoms with E-state index in [0.29, 0.717) is 23.8 Å². The number of benzene rings is 1. The molecule has 0 spiro atoms. The lowest BCUT2D eigenvalue weighted by Gasteiger charge is -2.15. The number of rotatable bonds is 6. The zero-order chi connectivity index (χ0) is 12.8. The van der Waals surface area contributed by atoms with Gasteiger partial charge in [0, 0.05) is 17.7 Å². The Balaban J connectivity index is 2.64. The second kappa shape index (κ2) is 6.60. The van der Waals surface area contributed by atoms with Gasteiger partial charge in [-0.2, -0.15) is 0 Å². The van der Waals surface area contributed by atoms with Crippen LogP contribution in [0.25, 0.3) is 0 Å². The molecular formula is C14H22FNO. The third-order valence-electron chi connectivity index (χ3n) is 3.10. The van der Waals surface area contributed by atoms with Crippen LogP contribution < -0.4 is 10.5 Å². The first kappa shape index (κ1) is 14.0. The Hall–Kier alpha value is -1.09. The molecule has 17 heavy (non-hydrogen) atoms. The number of hydrogen-bond donors (Lipinski definition) is 1. The molecule has 3 heteroatoms. The van der Waals surface area contributed by atoms with Crippen molar-refractivity contribution in [3.05, 3.63) is 29.6 Å². The molecule has 2 N–H and O–H groups in total. The topological polar surface area (TPSA) is 35.2 Å². The molecule has 1 rings (SSSR count). The number of hydrogen-bond acceptors (Lipinski definition) is 2. The standard InChI is InChI=1S/C14H22FNO/c1-4-11(5-2)9-17-12-6-7-13(10(3)16)14(15)8-12/h6-8,10-11H,4-5,9,16H2,1-3H3/t10-/m1/s1. The Kier molecular flexibility index (Phi) is 5.42. The molecule has 0 unspecified atom stereocenters. The average Bonchev–Trinajstić information content (AvgIpc) is 2.30. The van der Waals surface area contributed by atoms with Crippen molar-refractivity contribution in [2.75, 3.05) is 6.61 Å². The van der Waals surface area contributed by atoms with E-state index in [9.17, 15) is 4.39 Å². The summed E-state index contributed by atoms with van der Waals surface area (Å²) in [6, 6.07) is 4.61. The summed E-state index contributed by atoms with van der Waals surface area (Å²) >= 11 is 0. The van der Waals surface area contributed by atoms with Gasteiger partial charge in [-0.3, -0.25) is 0 Å². The minimum absolute atomic E-state index is 0.289. The highest BCUT2D eigenvalue weighted by atomic mass is 19.1. The molecule has 0 fully saturated rings. The van der Waals surface area contributed by atoms with Gasteiger partial charge < -0.3 is 10.5 Å². The summed E-state index contributed by atoms with van der Waals surface area (Å²) in [4.78, 5) is 0. The maximum atomic E-state index is 13.6. The molecule has 0 radical (unpaired) electrons. The first-order valence-corrected chi connectivity index (χ1v) is 6.26. The van der Waals surface area contributed by atoms with Gasteiger partial charge in [0.15, 0.2) is 0 Å². The van der Waals surface area contributed by atoms with Gasteiger partial charge in [0.2, 0.25) is 0 Å². The Morgan fingerprint density at radius 2 is 1.94 bits per heavy atom. The van der Waals surface area contributed by atoms with Gasteiger partial charge in [0.1, 0.15) is 11.6 Å². The third kappa shape index (κ3) is 4.00. The molecule has 2 nitrogen and oxygen atoms in total. The Morgan fingerprint density at radius 3 is 2.41 bits per heavy atom. The molecular weight excluding hydrogens is 217 g/mol. The minimum atomic E-state index is -0.290. The van der Waals surface area contributed by atoms with E-state index in [1.165, 1.54) is 6.07 Å². The fraction of sp³-hybridized carbons (Fsp3) is 0.571. The van der Waals surface area contributed by atoms with Crippen molar-refractivity contribution < 1.29 is 9.13 Å². The van der Waals surface area contributed by atoms with Gasteiger partial charge in [-0.25, -0.2) is 4.39 Å². The van der Waals surface area contributed by atoms with Crippen LogP contribution in [0.15, 0.2) is 18.2 Å². The van der Waals surface area contributed by atoms with Gasteiger partial charge >= 0.3 is 0 Å². The third-order valence-corrected chi connectivity index (χ3v) is 3.10. The van der Waals surface area contributed by atoms with E-state index in [4.69, 9.17) is 10.5 Å². The van der Waals surface area contributed by atoms with Gasteiger partial charge in [-0.15, -0.1) is 0 Å². The summed E-state index contributed by atoms with van der Waals surface area (Å²) in [5.74, 6) is 0.826. The van der Waals surface area contributed by atoms with Crippen molar-refractivity contribution in [2.45, 2.75) is 39.7 Å². The van der Waals surface area contributed by atoms with Crippen LogP contribution in [0.5, 0.6) is 5.75 Å². The van der Waals surface area contributed by atoms with E-state index in [2.05, 4.69) is 13.8 Å². The van der Waals surface area contributed by atoms with Gasteiger partial charge in [-0.05, 0) is 18.9 Å². The zero-order valence-corrected chi connectivity index (χ0v) is 10.9. The highest BCUT2D eigenvalue weighted by Crippen LogP contribution is 2.21. The van der Waals surface area contributed by atoms with Crippen molar-refractivity contribution in [3.8, 4) is 5.75 Å². The second-order valence-corrected chi connectivity index (χ2v) is 4.47. The Bertz CT molecular complexity index is 348. The second-order valence-electron chi connectivity index (χ2n) is 4.47. The van der Waals surface area contributed by atoms with Crippen LogP contribution in [0.4, 0.5) is 4.39 Å². The Labute approximate surface area is 103 Å². The quantitative estimate of drug-likeness (QED) is 0.822. The van der Waals surface area contributed by atoms with E-state index in [-0.39, 0.29) is 11.9 Å². The molecule has 0 aromatic heterocycles. The van der Waals surface area contributed by atoms with Crippen molar-refractivity contribution in [1.29, 1.82) is 0 Å². The van der Waals surface area contributed by atoms with Crippen molar-refractivity contribution in [2.24, 2.45) is 11.7 Å². The molecule has 0 aliphatic carbocycles. The lowest BCUT2D eigenvalue weighted by atomic mass is 10.1. The van der Waals surface area contributed by atoms with E-state index in [0.717, 1.165) is 12.8 Å². The van der Waals surface area contributed by atoms with Gasteiger partial charge in [-0.1, -0.05) is 32.8 Å². The lowest BCUT2D eigenvalue weighted by Crippen LogP contribution is -2.11. The summed E-state index contributed by atoms with van der Waals surface area (Å²) in [6.07, 6.45) is 2.16. The molecule has 1 atom stereocenters. The molecule has 0 saturated carbocycles. The van der Waals surface area contributed by atoms with Crippen molar-refractivity contribution in [3.63, 3.8) is 0 Å². The first-order chi connectivity index (χ1) is 8.08. The molecule has 1 aromatic carbocycles. The fourth-order valence-corrected chi connectivity index (χ4v) is 1.71. The van der Waals surface area contributed by atoms with E-state index >= 15 is 0 Å². The summed E-state index contributed by atoms with van der Waals surface area (Å²) < 4.78 is 19.2. The summed E-state index contributed by atoms with van der Waals surface area (Å²) in [5, 5.41) is 0. The SMILES string of the molecule is CCC(CC)COc1ccc([C@@H](C)N)c(F)c1. The molecule has 96 valence electrons. The van der Waals surface area contributed by atoms with Gasteiger partial charge in [0.05, 0.1) is 6.61 Å². The van der Waals surface area contributed by atoms with Crippen LogP contribution in [-0.2, 0) is 0 Å². The predicted octanol–water partition coefficient (Wildman–Crippen LogP) is 3.66. The van der Waals surface area contributed by atoms with Crippen molar-refractivity contribution in [1.82, 2.24) is 0 Å². The van der Waals surface area contributed by atoms with E-state index in [1.54, 1.807) is 19.1 Å². The van der Waals surface area contributed by atoms with E-state index < -0.39 is 0 Å². The minimum Gasteiger partial charge on any atom is -0.493 e. The molecule has 0 heterocycles. The largest absolute Gasteiger partial charge is 0.493 e. The molecule has 0 bridgehead atoms. The van der Waals surface area contributed by atoms with Crippen molar-refractivity contribution >= 4 is 0 Å². The molecule has 1 aromatic rings. The maximum absolute atomic E-state index is 13.6. The molecule has 0 aliphatic heterocycles. The predicted molar refractivity (Wildman–Crippen MR) is 68.6 cm³/mol. The lowest BCUT2D eigenvalue weighted by molar-refractivity contribution is 0.239. The van der Waals surface area contributed by atoms with E-state index in [1.807, 2.05) is 0 Å². The monoisotopic (exact) mass is 239 g/mol. The van der Waals surface area contributed by atoms with Crippen LogP contribution in [0.3, 0.4) is 0 Å². The summed E-state index contributed by atoms with van der Waals surface area (Å²) in [7, 11) is 0. The summed E-state index contributed by atoms with van der Waals surface area (Å²) in [6.45, 7) is 6.68.